The fourth-order valence-electron chi connectivity index (χ4n) is 3.39. The lowest BCUT2D eigenvalue weighted by molar-refractivity contribution is -0.885. The van der Waals surface area contributed by atoms with Crippen LogP contribution in [0.2, 0.25) is 5.02 Å². The number of carbonyl (C=O) groups is 2. The van der Waals surface area contributed by atoms with Crippen molar-refractivity contribution in [3.63, 3.8) is 0 Å². The van der Waals surface area contributed by atoms with Gasteiger partial charge in [-0.05, 0) is 43.2 Å². The minimum Gasteiger partial charge on any atom is -0.495 e. The number of para-hydroxylation sites is 1. The van der Waals surface area contributed by atoms with Crippen LogP contribution in [0.5, 0.6) is 5.75 Å². The molecule has 0 radical (unpaired) electrons. The van der Waals surface area contributed by atoms with E-state index in [1.54, 1.807) is 18.2 Å². The van der Waals surface area contributed by atoms with Crippen LogP contribution in [0.4, 0.5) is 11.4 Å². The first-order chi connectivity index (χ1) is 13.4. The molecule has 1 aliphatic rings. The molecule has 1 unspecified atom stereocenters. The maximum absolute atomic E-state index is 13.0. The third kappa shape index (κ3) is 4.29. The highest BCUT2D eigenvalue weighted by molar-refractivity contribution is 6.31. The van der Waals surface area contributed by atoms with Crippen molar-refractivity contribution in [2.45, 2.75) is 19.4 Å². The fourth-order valence-corrected chi connectivity index (χ4v) is 3.56. The summed E-state index contributed by atoms with van der Waals surface area (Å²) >= 11 is 6.01. The number of ether oxygens (including phenoxy) is 1. The molecule has 1 aliphatic heterocycles. The summed E-state index contributed by atoms with van der Waals surface area (Å²) in [4.78, 5) is 28.1. The van der Waals surface area contributed by atoms with E-state index in [9.17, 15) is 9.59 Å². The van der Waals surface area contributed by atoms with Crippen LogP contribution < -0.4 is 19.9 Å². The van der Waals surface area contributed by atoms with Crippen molar-refractivity contribution in [1.29, 1.82) is 0 Å². The number of methoxy groups -OCH3 is 1. The van der Waals surface area contributed by atoms with Crippen molar-refractivity contribution in [1.82, 2.24) is 0 Å². The zero-order valence-electron chi connectivity index (χ0n) is 16.3. The van der Waals surface area contributed by atoms with Gasteiger partial charge in [0.25, 0.3) is 11.8 Å². The van der Waals surface area contributed by atoms with Crippen molar-refractivity contribution in [2.24, 2.45) is 0 Å². The topological polar surface area (TPSA) is 63.1 Å². The molecule has 2 atom stereocenters. The molecule has 7 heteroatoms. The molecule has 3 rings (SSSR count). The summed E-state index contributed by atoms with van der Waals surface area (Å²) in [6.07, 6.45) is 0.864. The van der Waals surface area contributed by atoms with Crippen molar-refractivity contribution < 1.29 is 19.2 Å². The smallest absolute Gasteiger partial charge is 0.284 e. The van der Waals surface area contributed by atoms with Crippen LogP contribution in [0.3, 0.4) is 0 Å². The number of nitrogens with one attached hydrogen (secondary N) is 2. The number of rotatable bonds is 6. The highest BCUT2D eigenvalue weighted by Gasteiger charge is 2.32. The molecule has 148 valence electrons. The van der Waals surface area contributed by atoms with Crippen LogP contribution in [0, 0.1) is 0 Å². The van der Waals surface area contributed by atoms with Gasteiger partial charge in [0.05, 0.1) is 19.8 Å². The number of hydrogen-bond acceptors (Lipinski definition) is 3. The Hall–Kier alpha value is -2.57. The molecule has 0 bridgehead atoms. The van der Waals surface area contributed by atoms with Crippen LogP contribution in [-0.4, -0.2) is 45.1 Å². The summed E-state index contributed by atoms with van der Waals surface area (Å²) in [6.45, 7) is 2.69. The van der Waals surface area contributed by atoms with Crippen molar-refractivity contribution in [3.8, 4) is 5.75 Å². The monoisotopic (exact) mass is 402 g/mol. The Morgan fingerprint density at radius 3 is 2.79 bits per heavy atom. The number of carbonyl (C=O) groups excluding carboxylic acids is 2. The molecule has 2 aromatic carbocycles. The molecule has 0 fully saturated rings. The molecule has 28 heavy (non-hydrogen) atoms. The molecule has 0 spiro atoms. The van der Waals surface area contributed by atoms with E-state index in [4.69, 9.17) is 16.3 Å². The van der Waals surface area contributed by atoms with E-state index in [0.717, 1.165) is 17.0 Å². The summed E-state index contributed by atoms with van der Waals surface area (Å²) in [5, 5.41) is 3.33. The van der Waals surface area contributed by atoms with Crippen LogP contribution in [0.25, 0.3) is 0 Å². The molecule has 2 aromatic rings. The van der Waals surface area contributed by atoms with Crippen LogP contribution in [0.15, 0.2) is 42.5 Å². The van der Waals surface area contributed by atoms with E-state index in [1.165, 1.54) is 12.7 Å². The lowest BCUT2D eigenvalue weighted by Crippen LogP contribution is -3.15. The molecule has 1 heterocycles. The summed E-state index contributed by atoms with van der Waals surface area (Å²) < 4.78 is 5.25. The first-order valence-corrected chi connectivity index (χ1v) is 9.63. The molecule has 2 amide bonds. The average Bonchev–Trinajstić information content (AvgIpc) is 3.11. The molecule has 2 N–H and O–H groups in total. The van der Waals surface area contributed by atoms with Gasteiger partial charge in [0.1, 0.15) is 5.75 Å². The van der Waals surface area contributed by atoms with Gasteiger partial charge >= 0.3 is 0 Å². The van der Waals surface area contributed by atoms with E-state index in [0.29, 0.717) is 23.0 Å². The number of halogens is 1. The second-order valence-corrected chi connectivity index (χ2v) is 7.44. The standard InChI is InChI=1S/C21H24ClN3O3/c1-14(21(27)25-11-10-15-6-4-5-7-18(15)25)24(2)13-20(26)23-17-12-16(22)8-9-19(17)28-3/h4-9,12,14H,10-11,13H2,1-3H3,(H,23,26)/p+1/t14-/m0/s1. The molecular formula is C21H25ClN3O3+. The Morgan fingerprint density at radius 1 is 1.29 bits per heavy atom. The number of benzene rings is 2. The highest BCUT2D eigenvalue weighted by Crippen LogP contribution is 2.28. The first-order valence-electron chi connectivity index (χ1n) is 9.25. The Kier molecular flexibility index (Phi) is 6.21. The number of quaternary nitrogens is 1. The average molecular weight is 403 g/mol. The second-order valence-electron chi connectivity index (χ2n) is 7.01. The largest absolute Gasteiger partial charge is 0.495 e. The predicted molar refractivity (Wildman–Crippen MR) is 110 cm³/mol. The van der Waals surface area contributed by atoms with E-state index < -0.39 is 0 Å². The van der Waals surface area contributed by atoms with Gasteiger partial charge in [0.2, 0.25) is 0 Å². The highest BCUT2D eigenvalue weighted by atomic mass is 35.5. The first kappa shape index (κ1) is 20.2. The Labute approximate surface area is 170 Å². The number of hydrogen-bond donors (Lipinski definition) is 2. The molecule has 0 saturated carbocycles. The summed E-state index contributed by atoms with van der Waals surface area (Å²) in [5.41, 5.74) is 2.67. The minimum atomic E-state index is -0.349. The van der Waals surface area contributed by atoms with Gasteiger partial charge < -0.3 is 19.9 Å². The van der Waals surface area contributed by atoms with Gasteiger partial charge in [-0.1, -0.05) is 29.8 Å². The fraction of sp³-hybridized carbons (Fsp3) is 0.333. The second kappa shape index (κ2) is 8.63. The maximum Gasteiger partial charge on any atom is 0.284 e. The van der Waals surface area contributed by atoms with Gasteiger partial charge in [0, 0.05) is 17.3 Å². The molecule has 6 nitrogen and oxygen atoms in total. The zero-order valence-corrected chi connectivity index (χ0v) is 17.0. The molecule has 0 saturated heterocycles. The maximum atomic E-state index is 13.0. The number of amides is 2. The van der Waals surface area contributed by atoms with Crippen LogP contribution >= 0.6 is 11.6 Å². The van der Waals surface area contributed by atoms with E-state index in [2.05, 4.69) is 11.4 Å². The van der Waals surface area contributed by atoms with Gasteiger partial charge in [0.15, 0.2) is 12.6 Å². The van der Waals surface area contributed by atoms with Crippen molar-refractivity contribution in [2.75, 3.05) is 37.5 Å². The zero-order chi connectivity index (χ0) is 20.3. The Balaban J connectivity index is 1.63. The van der Waals surface area contributed by atoms with Crippen LogP contribution in [0.1, 0.15) is 12.5 Å². The normalized spacial score (nSPS) is 14.9. The van der Waals surface area contributed by atoms with E-state index in [1.807, 2.05) is 37.1 Å². The Bertz CT molecular complexity index is 887. The number of anilines is 2. The van der Waals surface area contributed by atoms with Gasteiger partial charge in [-0.3, -0.25) is 9.59 Å². The lowest BCUT2D eigenvalue weighted by atomic mass is 10.2. The third-order valence-corrected chi connectivity index (χ3v) is 5.37. The van der Waals surface area contributed by atoms with E-state index in [-0.39, 0.29) is 24.4 Å². The van der Waals surface area contributed by atoms with Crippen molar-refractivity contribution in [3.05, 3.63) is 53.1 Å². The number of likely N-dealkylation sites (N-methyl/N-ethyl adjacent to an activating group) is 1. The number of fused-ring (bicyclic) bond motifs is 1. The predicted octanol–water partition coefficient (Wildman–Crippen LogP) is 1.78. The van der Waals surface area contributed by atoms with Gasteiger partial charge in [-0.15, -0.1) is 0 Å². The molecule has 0 aromatic heterocycles. The van der Waals surface area contributed by atoms with E-state index >= 15 is 0 Å². The van der Waals surface area contributed by atoms with Gasteiger partial charge in [-0.2, -0.15) is 0 Å². The molecular weight excluding hydrogens is 378 g/mol. The van der Waals surface area contributed by atoms with Crippen LogP contribution in [-0.2, 0) is 16.0 Å². The Morgan fingerprint density at radius 2 is 2.04 bits per heavy atom. The number of nitrogens with zero attached hydrogens (tertiary/aromatic N) is 1. The van der Waals surface area contributed by atoms with Crippen molar-refractivity contribution >= 4 is 34.8 Å². The SMILES string of the molecule is COc1ccc(Cl)cc1NC(=O)C[NH+](C)[C@@H](C)C(=O)N1CCc2ccccc21. The summed E-state index contributed by atoms with van der Waals surface area (Å²) in [7, 11) is 3.38. The third-order valence-electron chi connectivity index (χ3n) is 5.14. The summed E-state index contributed by atoms with van der Waals surface area (Å²) in [5.74, 6) is 0.350. The lowest BCUT2D eigenvalue weighted by Gasteiger charge is -2.25. The minimum absolute atomic E-state index is 0.0237. The van der Waals surface area contributed by atoms with Gasteiger partial charge in [-0.25, -0.2) is 0 Å². The summed E-state index contributed by atoms with van der Waals surface area (Å²) in [6, 6.07) is 12.6. The quantitative estimate of drug-likeness (QED) is 0.774. The molecule has 0 aliphatic carbocycles.